The summed E-state index contributed by atoms with van der Waals surface area (Å²) in [6.07, 6.45) is 4.41. The van der Waals surface area contributed by atoms with Gasteiger partial charge in [-0.15, -0.1) is 0 Å². The summed E-state index contributed by atoms with van der Waals surface area (Å²) in [5, 5.41) is 7.36. The lowest BCUT2D eigenvalue weighted by Crippen LogP contribution is -2.34. The van der Waals surface area contributed by atoms with Crippen molar-refractivity contribution >= 4 is 5.82 Å². The van der Waals surface area contributed by atoms with E-state index in [9.17, 15) is 0 Å². The van der Waals surface area contributed by atoms with Crippen LogP contribution < -0.4 is 5.32 Å². The van der Waals surface area contributed by atoms with E-state index >= 15 is 0 Å². The summed E-state index contributed by atoms with van der Waals surface area (Å²) in [4.78, 5) is 11.4. The summed E-state index contributed by atoms with van der Waals surface area (Å²) in [7, 11) is 0. The second kappa shape index (κ2) is 8.52. The van der Waals surface area contributed by atoms with Crippen LogP contribution >= 0.6 is 0 Å². The van der Waals surface area contributed by atoms with Gasteiger partial charge in [0.1, 0.15) is 5.82 Å². The molecule has 0 bridgehead atoms. The predicted octanol–water partition coefficient (Wildman–Crippen LogP) is 4.28. The van der Waals surface area contributed by atoms with Gasteiger partial charge in [0.25, 0.3) is 5.89 Å². The van der Waals surface area contributed by atoms with Gasteiger partial charge in [-0.2, -0.15) is 4.98 Å². The lowest BCUT2D eigenvalue weighted by molar-refractivity contribution is 0.176. The summed E-state index contributed by atoms with van der Waals surface area (Å²) >= 11 is 0. The van der Waals surface area contributed by atoms with E-state index in [1.54, 1.807) is 6.20 Å². The van der Waals surface area contributed by atoms with Gasteiger partial charge >= 0.3 is 0 Å². The van der Waals surface area contributed by atoms with Gasteiger partial charge in [-0.3, -0.25) is 4.90 Å². The Kier molecular flexibility index (Phi) is 5.67. The molecule has 0 saturated carbocycles. The number of pyridine rings is 1. The van der Waals surface area contributed by atoms with Crippen LogP contribution in [-0.4, -0.2) is 33.1 Å². The highest BCUT2D eigenvalue weighted by Gasteiger charge is 2.18. The van der Waals surface area contributed by atoms with Crippen molar-refractivity contribution in [3.8, 4) is 11.5 Å². The average Bonchev–Trinajstić information content (AvgIpc) is 3.14. The maximum absolute atomic E-state index is 5.33. The van der Waals surface area contributed by atoms with Crippen LogP contribution in [0.15, 0.2) is 47.1 Å². The van der Waals surface area contributed by atoms with Gasteiger partial charge in [0.2, 0.25) is 0 Å². The van der Waals surface area contributed by atoms with Crippen molar-refractivity contribution in [2.75, 3.05) is 18.4 Å². The van der Waals surface area contributed by atoms with E-state index in [0.29, 0.717) is 18.3 Å². The van der Waals surface area contributed by atoms with Gasteiger partial charge in [-0.1, -0.05) is 36.3 Å². The van der Waals surface area contributed by atoms with Crippen molar-refractivity contribution in [1.82, 2.24) is 20.0 Å². The molecule has 1 atom stereocenters. The molecule has 1 aliphatic rings. The fourth-order valence-corrected chi connectivity index (χ4v) is 3.86. The Morgan fingerprint density at radius 1 is 1.18 bits per heavy atom. The van der Waals surface area contributed by atoms with Crippen molar-refractivity contribution in [1.29, 1.82) is 0 Å². The van der Waals surface area contributed by atoms with Crippen LogP contribution in [0.2, 0.25) is 0 Å². The minimum Gasteiger partial charge on any atom is -0.365 e. The Morgan fingerprint density at radius 3 is 2.82 bits per heavy atom. The van der Waals surface area contributed by atoms with E-state index in [2.05, 4.69) is 56.5 Å². The molecule has 0 amide bonds. The largest absolute Gasteiger partial charge is 0.365 e. The topological polar surface area (TPSA) is 67.1 Å². The highest BCUT2D eigenvalue weighted by Crippen LogP contribution is 2.25. The van der Waals surface area contributed by atoms with Crippen molar-refractivity contribution < 1.29 is 4.52 Å². The summed E-state index contributed by atoms with van der Waals surface area (Å²) < 4.78 is 5.33. The van der Waals surface area contributed by atoms with Crippen LogP contribution in [0.5, 0.6) is 0 Å². The number of hydrogen-bond donors (Lipinski definition) is 1. The number of aromatic nitrogens is 3. The Bertz CT molecular complexity index is 923. The number of likely N-dealkylation sites (tertiary alicyclic amines) is 1. The minimum absolute atomic E-state index is 0.490. The van der Waals surface area contributed by atoms with Crippen LogP contribution in [0.1, 0.15) is 36.7 Å². The Balaban J connectivity index is 1.49. The molecule has 1 unspecified atom stereocenters. The molecule has 0 spiro atoms. The standard InChI is InChI=1S/C22H27N5O/c1-16-7-6-12-27(14-16)15-19-9-4-3-8-18(19)13-24-21-20(10-5-11-23-21)22-25-17(2)26-28-22/h3-5,8-11,16H,6-7,12-15H2,1-2H3,(H,23,24). The van der Waals surface area contributed by atoms with Gasteiger partial charge in [0.05, 0.1) is 5.56 Å². The van der Waals surface area contributed by atoms with Crippen LogP contribution in [0.3, 0.4) is 0 Å². The molecule has 1 saturated heterocycles. The first-order valence-electron chi connectivity index (χ1n) is 9.98. The summed E-state index contributed by atoms with van der Waals surface area (Å²) in [5.41, 5.74) is 3.49. The summed E-state index contributed by atoms with van der Waals surface area (Å²) in [6.45, 7) is 8.24. The third kappa shape index (κ3) is 4.39. The normalized spacial score (nSPS) is 17.6. The van der Waals surface area contributed by atoms with Crippen LogP contribution in [0, 0.1) is 12.8 Å². The number of benzene rings is 1. The highest BCUT2D eigenvalue weighted by molar-refractivity contribution is 5.68. The van der Waals surface area contributed by atoms with E-state index in [4.69, 9.17) is 4.52 Å². The zero-order chi connectivity index (χ0) is 19.3. The fourth-order valence-electron chi connectivity index (χ4n) is 3.86. The number of anilines is 1. The SMILES string of the molecule is Cc1noc(-c2cccnc2NCc2ccccc2CN2CCCC(C)C2)n1. The van der Waals surface area contributed by atoms with Gasteiger partial charge in [-0.25, -0.2) is 4.98 Å². The molecule has 3 heterocycles. The molecule has 0 aliphatic carbocycles. The van der Waals surface area contributed by atoms with E-state index in [1.807, 2.05) is 19.1 Å². The van der Waals surface area contributed by atoms with Crippen LogP contribution in [-0.2, 0) is 13.1 Å². The van der Waals surface area contributed by atoms with E-state index in [-0.39, 0.29) is 0 Å². The molecule has 4 rings (SSSR count). The number of rotatable bonds is 6. The molecular weight excluding hydrogens is 350 g/mol. The van der Waals surface area contributed by atoms with Crippen molar-refractivity contribution in [3.63, 3.8) is 0 Å². The van der Waals surface area contributed by atoms with Crippen LogP contribution in [0.25, 0.3) is 11.5 Å². The Labute approximate surface area is 166 Å². The number of nitrogens with zero attached hydrogens (tertiary/aromatic N) is 4. The first kappa shape index (κ1) is 18.6. The van der Waals surface area contributed by atoms with E-state index in [0.717, 1.165) is 23.8 Å². The molecule has 1 N–H and O–H groups in total. The molecule has 1 aliphatic heterocycles. The number of hydrogen-bond acceptors (Lipinski definition) is 6. The van der Waals surface area contributed by atoms with Crippen LogP contribution in [0.4, 0.5) is 5.82 Å². The molecule has 6 nitrogen and oxygen atoms in total. The van der Waals surface area contributed by atoms with Gasteiger partial charge in [0.15, 0.2) is 5.82 Å². The Morgan fingerprint density at radius 2 is 2.04 bits per heavy atom. The molecular formula is C22H27N5O. The molecule has 3 aromatic rings. The quantitative estimate of drug-likeness (QED) is 0.691. The maximum Gasteiger partial charge on any atom is 0.261 e. The minimum atomic E-state index is 0.490. The van der Waals surface area contributed by atoms with Gasteiger partial charge < -0.3 is 9.84 Å². The van der Waals surface area contributed by atoms with Crippen molar-refractivity contribution in [2.45, 2.75) is 39.8 Å². The first-order chi connectivity index (χ1) is 13.7. The zero-order valence-corrected chi connectivity index (χ0v) is 16.6. The predicted molar refractivity (Wildman–Crippen MR) is 110 cm³/mol. The Hall–Kier alpha value is -2.73. The number of piperidine rings is 1. The average molecular weight is 377 g/mol. The van der Waals surface area contributed by atoms with Crippen molar-refractivity contribution in [3.05, 3.63) is 59.5 Å². The van der Waals surface area contributed by atoms with Gasteiger partial charge in [0, 0.05) is 25.8 Å². The van der Waals surface area contributed by atoms with Crippen molar-refractivity contribution in [2.24, 2.45) is 5.92 Å². The molecule has 146 valence electrons. The molecule has 1 aromatic carbocycles. The molecule has 28 heavy (non-hydrogen) atoms. The highest BCUT2D eigenvalue weighted by atomic mass is 16.5. The maximum atomic E-state index is 5.33. The third-order valence-electron chi connectivity index (χ3n) is 5.27. The third-order valence-corrected chi connectivity index (χ3v) is 5.27. The van der Waals surface area contributed by atoms with E-state index < -0.39 is 0 Å². The summed E-state index contributed by atoms with van der Waals surface area (Å²) in [5.74, 6) is 2.65. The van der Waals surface area contributed by atoms with Gasteiger partial charge in [-0.05, 0) is 55.5 Å². The van der Waals surface area contributed by atoms with E-state index in [1.165, 1.54) is 37.1 Å². The molecule has 2 aromatic heterocycles. The second-order valence-corrected chi connectivity index (χ2v) is 7.65. The lowest BCUT2D eigenvalue weighted by Gasteiger charge is -2.31. The fraction of sp³-hybridized carbons (Fsp3) is 0.409. The zero-order valence-electron chi connectivity index (χ0n) is 16.6. The molecule has 6 heteroatoms. The number of nitrogens with one attached hydrogen (secondary N) is 1. The second-order valence-electron chi connectivity index (χ2n) is 7.65. The number of aryl methyl sites for hydroxylation is 1. The first-order valence-corrected chi connectivity index (χ1v) is 9.98. The lowest BCUT2D eigenvalue weighted by atomic mass is 9.99. The molecule has 1 fully saturated rings. The monoisotopic (exact) mass is 377 g/mol. The smallest absolute Gasteiger partial charge is 0.261 e. The molecule has 0 radical (unpaired) electrons. The summed E-state index contributed by atoms with van der Waals surface area (Å²) in [6, 6.07) is 12.5.